The topological polar surface area (TPSA) is 77.2 Å². The third kappa shape index (κ3) is 1.82. The van der Waals surface area contributed by atoms with Crippen molar-refractivity contribution in [1.82, 2.24) is 14.8 Å². The predicted molar refractivity (Wildman–Crippen MR) is 52.7 cm³/mol. The van der Waals surface area contributed by atoms with Crippen LogP contribution in [0.5, 0.6) is 5.75 Å². The quantitative estimate of drug-likeness (QED) is 0.844. The molecule has 2 heterocycles. The summed E-state index contributed by atoms with van der Waals surface area (Å²) in [5.41, 5.74) is 0. The predicted octanol–water partition coefficient (Wildman–Crippen LogP) is 1.04. The van der Waals surface area contributed by atoms with Gasteiger partial charge in [-0.15, -0.1) is 0 Å². The number of methoxy groups -OCH3 is 1. The normalized spacial score (nSPS) is 10.2. The molecule has 0 aromatic carbocycles. The first kappa shape index (κ1) is 9.66. The minimum absolute atomic E-state index is 0.180. The second-order valence-electron chi connectivity index (χ2n) is 2.64. The van der Waals surface area contributed by atoms with Crippen LogP contribution in [0.25, 0.3) is 5.13 Å². The minimum Gasteiger partial charge on any atom is -0.493 e. The van der Waals surface area contributed by atoms with Crippen LogP contribution in [0.15, 0.2) is 18.6 Å². The van der Waals surface area contributed by atoms with E-state index in [4.69, 9.17) is 9.84 Å². The fraction of sp³-hybridized carbons (Fsp3) is 0.125. The van der Waals surface area contributed by atoms with E-state index in [1.165, 1.54) is 24.2 Å². The molecule has 2 aromatic rings. The number of hydrogen-bond acceptors (Lipinski definition) is 5. The first-order valence-electron chi connectivity index (χ1n) is 3.99. The van der Waals surface area contributed by atoms with Crippen molar-refractivity contribution in [2.24, 2.45) is 0 Å². The Morgan fingerprint density at radius 1 is 1.60 bits per heavy atom. The van der Waals surface area contributed by atoms with Gasteiger partial charge in [-0.25, -0.2) is 14.5 Å². The molecule has 0 atom stereocenters. The van der Waals surface area contributed by atoms with E-state index < -0.39 is 5.97 Å². The van der Waals surface area contributed by atoms with Gasteiger partial charge in [0.2, 0.25) is 5.13 Å². The molecule has 0 aliphatic heterocycles. The van der Waals surface area contributed by atoms with Gasteiger partial charge in [0, 0.05) is 0 Å². The van der Waals surface area contributed by atoms with Crippen molar-refractivity contribution in [3.05, 3.63) is 23.5 Å². The Hall–Kier alpha value is -1.89. The number of nitrogens with zero attached hydrogens (tertiary/aromatic N) is 3. The molecular weight excluding hydrogens is 218 g/mol. The van der Waals surface area contributed by atoms with Crippen molar-refractivity contribution >= 4 is 17.3 Å². The maximum absolute atomic E-state index is 10.6. The van der Waals surface area contributed by atoms with Gasteiger partial charge in [-0.1, -0.05) is 11.3 Å². The van der Waals surface area contributed by atoms with Crippen LogP contribution in [-0.4, -0.2) is 33.0 Å². The third-order valence-corrected chi connectivity index (χ3v) is 2.67. The molecule has 0 aliphatic carbocycles. The Morgan fingerprint density at radius 2 is 2.40 bits per heavy atom. The molecular formula is C8H7N3O3S. The monoisotopic (exact) mass is 225 g/mol. The molecule has 2 aromatic heterocycles. The van der Waals surface area contributed by atoms with Crippen molar-refractivity contribution in [3.63, 3.8) is 0 Å². The lowest BCUT2D eigenvalue weighted by atomic mass is 10.6. The summed E-state index contributed by atoms with van der Waals surface area (Å²) in [5.74, 6) is -0.389. The van der Waals surface area contributed by atoms with E-state index in [1.54, 1.807) is 6.20 Å². The van der Waals surface area contributed by atoms with Crippen molar-refractivity contribution in [2.45, 2.75) is 0 Å². The van der Waals surface area contributed by atoms with Crippen LogP contribution in [0, 0.1) is 0 Å². The molecule has 1 N–H and O–H groups in total. The van der Waals surface area contributed by atoms with Gasteiger partial charge in [0.05, 0.1) is 25.7 Å². The fourth-order valence-electron chi connectivity index (χ4n) is 0.986. The van der Waals surface area contributed by atoms with Gasteiger partial charge >= 0.3 is 5.97 Å². The highest BCUT2D eigenvalue weighted by Gasteiger charge is 2.10. The lowest BCUT2D eigenvalue weighted by Gasteiger charge is -1.92. The molecule has 0 fully saturated rings. The van der Waals surface area contributed by atoms with E-state index >= 15 is 0 Å². The van der Waals surface area contributed by atoms with E-state index in [0.29, 0.717) is 10.9 Å². The maximum Gasteiger partial charge on any atom is 0.347 e. The second-order valence-corrected chi connectivity index (χ2v) is 3.65. The SMILES string of the molecule is COc1cnn(-c2ncc(C(=O)O)s2)c1. The molecule has 6 nitrogen and oxygen atoms in total. The summed E-state index contributed by atoms with van der Waals surface area (Å²) in [7, 11) is 1.53. The molecule has 78 valence electrons. The van der Waals surface area contributed by atoms with Crippen molar-refractivity contribution < 1.29 is 14.6 Å². The number of thiazole rings is 1. The smallest absolute Gasteiger partial charge is 0.347 e. The van der Waals surface area contributed by atoms with E-state index in [2.05, 4.69) is 10.1 Å². The van der Waals surface area contributed by atoms with Gasteiger partial charge in [0.1, 0.15) is 4.88 Å². The highest BCUT2D eigenvalue weighted by atomic mass is 32.1. The van der Waals surface area contributed by atoms with E-state index in [1.807, 2.05) is 0 Å². The molecule has 2 rings (SSSR count). The highest BCUT2D eigenvalue weighted by molar-refractivity contribution is 7.15. The molecule has 0 amide bonds. The largest absolute Gasteiger partial charge is 0.493 e. The Balaban J connectivity index is 2.32. The van der Waals surface area contributed by atoms with Crippen LogP contribution in [0.1, 0.15) is 9.67 Å². The van der Waals surface area contributed by atoms with E-state index in [-0.39, 0.29) is 4.88 Å². The van der Waals surface area contributed by atoms with Gasteiger partial charge in [0.25, 0.3) is 0 Å². The molecule has 0 aliphatic rings. The number of ether oxygens (including phenoxy) is 1. The fourth-order valence-corrected chi connectivity index (χ4v) is 1.67. The Labute approximate surface area is 88.8 Å². The third-order valence-electron chi connectivity index (χ3n) is 1.69. The Bertz CT molecular complexity index is 491. The van der Waals surface area contributed by atoms with Gasteiger partial charge in [0.15, 0.2) is 5.75 Å². The lowest BCUT2D eigenvalue weighted by molar-refractivity contribution is 0.0702. The zero-order valence-corrected chi connectivity index (χ0v) is 8.56. The second kappa shape index (κ2) is 3.70. The molecule has 7 heteroatoms. The number of carbonyl (C=O) groups is 1. The van der Waals surface area contributed by atoms with Crippen molar-refractivity contribution in [3.8, 4) is 10.9 Å². The van der Waals surface area contributed by atoms with Gasteiger partial charge in [-0.2, -0.15) is 5.10 Å². The average molecular weight is 225 g/mol. The zero-order valence-electron chi connectivity index (χ0n) is 7.75. The van der Waals surface area contributed by atoms with E-state index in [9.17, 15) is 4.79 Å². The van der Waals surface area contributed by atoms with Crippen LogP contribution >= 0.6 is 11.3 Å². The summed E-state index contributed by atoms with van der Waals surface area (Å²) < 4.78 is 6.42. The Kier molecular flexibility index (Phi) is 2.38. The molecule has 0 unspecified atom stereocenters. The number of aromatic nitrogens is 3. The minimum atomic E-state index is -0.988. The van der Waals surface area contributed by atoms with Gasteiger partial charge in [-0.3, -0.25) is 0 Å². The summed E-state index contributed by atoms with van der Waals surface area (Å²) >= 11 is 1.05. The van der Waals surface area contributed by atoms with Crippen LogP contribution in [-0.2, 0) is 0 Å². The first-order valence-corrected chi connectivity index (χ1v) is 4.80. The first-order chi connectivity index (χ1) is 7.20. The molecule has 0 saturated heterocycles. The molecule has 0 spiro atoms. The number of rotatable bonds is 3. The summed E-state index contributed by atoms with van der Waals surface area (Å²) in [4.78, 5) is 14.7. The number of carboxylic acid groups (broad SMARTS) is 1. The summed E-state index contributed by atoms with van der Waals surface area (Å²) in [6.07, 6.45) is 4.46. The van der Waals surface area contributed by atoms with Crippen LogP contribution < -0.4 is 4.74 Å². The molecule has 15 heavy (non-hydrogen) atoms. The van der Waals surface area contributed by atoms with Crippen molar-refractivity contribution in [1.29, 1.82) is 0 Å². The molecule has 0 radical (unpaired) electrons. The summed E-state index contributed by atoms with van der Waals surface area (Å²) in [6, 6.07) is 0. The molecule has 0 saturated carbocycles. The molecule has 0 bridgehead atoms. The van der Waals surface area contributed by atoms with Crippen molar-refractivity contribution in [2.75, 3.05) is 7.11 Å². The Morgan fingerprint density at radius 3 is 2.93 bits per heavy atom. The number of aromatic carboxylic acids is 1. The number of hydrogen-bond donors (Lipinski definition) is 1. The summed E-state index contributed by atoms with van der Waals surface area (Å²) in [5, 5.41) is 13.2. The average Bonchev–Trinajstić information content (AvgIpc) is 2.86. The van der Waals surface area contributed by atoms with Crippen LogP contribution in [0.2, 0.25) is 0 Å². The standard InChI is InChI=1S/C8H7N3O3S/c1-14-5-2-10-11(4-5)8-9-3-6(15-8)7(12)13/h2-4H,1H3,(H,12,13). The highest BCUT2D eigenvalue weighted by Crippen LogP contribution is 2.18. The number of carboxylic acids is 1. The maximum atomic E-state index is 10.6. The van der Waals surface area contributed by atoms with Crippen LogP contribution in [0.4, 0.5) is 0 Å². The van der Waals surface area contributed by atoms with Gasteiger partial charge in [-0.05, 0) is 0 Å². The zero-order chi connectivity index (χ0) is 10.8. The van der Waals surface area contributed by atoms with Gasteiger partial charge < -0.3 is 9.84 Å². The lowest BCUT2D eigenvalue weighted by Crippen LogP contribution is -1.92. The van der Waals surface area contributed by atoms with E-state index in [0.717, 1.165) is 11.3 Å². The van der Waals surface area contributed by atoms with Crippen LogP contribution in [0.3, 0.4) is 0 Å². The summed E-state index contributed by atoms with van der Waals surface area (Å²) in [6.45, 7) is 0.